The summed E-state index contributed by atoms with van der Waals surface area (Å²) in [5.41, 5.74) is 6.62. The van der Waals surface area contributed by atoms with Crippen molar-refractivity contribution in [3.63, 3.8) is 0 Å². The molecule has 2 aromatic heterocycles. The zero-order chi connectivity index (χ0) is 16.9. The maximum absolute atomic E-state index is 12.1. The van der Waals surface area contributed by atoms with Crippen LogP contribution in [0.1, 0.15) is 35.5 Å². The lowest BCUT2D eigenvalue weighted by Crippen LogP contribution is -2.19. The van der Waals surface area contributed by atoms with Crippen molar-refractivity contribution < 1.29 is 8.42 Å². The van der Waals surface area contributed by atoms with E-state index in [1.54, 1.807) is 0 Å². The summed E-state index contributed by atoms with van der Waals surface area (Å²) in [6.07, 6.45) is 3.32. The predicted molar refractivity (Wildman–Crippen MR) is 103 cm³/mol. The Morgan fingerprint density at radius 1 is 1.16 bits per heavy atom. The first-order valence-corrected chi connectivity index (χ1v) is 9.96. The van der Waals surface area contributed by atoms with E-state index in [-0.39, 0.29) is 18.9 Å². The molecular formula is C20H24N2O2S. The molecule has 0 N–H and O–H groups in total. The van der Waals surface area contributed by atoms with E-state index < -0.39 is 9.84 Å². The number of nitrogens with zero attached hydrogens (tertiary/aromatic N) is 2. The van der Waals surface area contributed by atoms with Crippen LogP contribution in [0.2, 0.25) is 0 Å². The van der Waals surface area contributed by atoms with Crippen molar-refractivity contribution in [1.29, 1.82) is 0 Å². The third-order valence-electron chi connectivity index (χ3n) is 4.90. The first-order chi connectivity index (χ1) is 11.4. The Morgan fingerprint density at radius 3 is 2.64 bits per heavy atom. The molecule has 4 rings (SSSR count). The van der Waals surface area contributed by atoms with Gasteiger partial charge in [0.1, 0.15) is 0 Å². The van der Waals surface area contributed by atoms with Crippen LogP contribution >= 0.6 is 0 Å². The second kappa shape index (κ2) is 6.30. The molecular weight excluding hydrogens is 332 g/mol. The lowest BCUT2D eigenvalue weighted by atomic mass is 10.0. The smallest absolute Gasteiger partial charge is 0.154 e. The van der Waals surface area contributed by atoms with E-state index in [1.807, 2.05) is 26.2 Å². The van der Waals surface area contributed by atoms with Crippen LogP contribution in [0.3, 0.4) is 0 Å². The summed E-state index contributed by atoms with van der Waals surface area (Å²) in [5, 5.41) is 1.08. The van der Waals surface area contributed by atoms with Gasteiger partial charge in [-0.25, -0.2) is 8.42 Å². The van der Waals surface area contributed by atoms with Crippen LogP contribution in [-0.2, 0) is 35.5 Å². The molecule has 0 unspecified atom stereocenters. The van der Waals surface area contributed by atoms with Crippen LogP contribution in [0.5, 0.6) is 0 Å². The number of hydrogen-bond acceptors (Lipinski definition) is 3. The summed E-state index contributed by atoms with van der Waals surface area (Å²) in [5.74, 6) is 0.418. The molecule has 3 aromatic rings. The Labute approximate surface area is 149 Å². The van der Waals surface area contributed by atoms with Gasteiger partial charge < -0.3 is 4.57 Å². The van der Waals surface area contributed by atoms with Gasteiger partial charge in [0.25, 0.3) is 0 Å². The summed E-state index contributed by atoms with van der Waals surface area (Å²) >= 11 is 0. The van der Waals surface area contributed by atoms with Gasteiger partial charge in [-0.3, -0.25) is 4.98 Å². The van der Waals surface area contributed by atoms with Crippen LogP contribution in [0, 0.1) is 6.92 Å². The van der Waals surface area contributed by atoms with E-state index in [9.17, 15) is 8.42 Å². The minimum Gasteiger partial charge on any atom is -0.347 e. The molecule has 0 amide bonds. The lowest BCUT2D eigenvalue weighted by molar-refractivity contribution is 0.590. The quantitative estimate of drug-likeness (QED) is 0.705. The largest absolute Gasteiger partial charge is 0.347 e. The predicted octanol–water partition coefficient (Wildman–Crippen LogP) is 3.58. The summed E-state index contributed by atoms with van der Waals surface area (Å²) < 4.78 is 26.3. The minimum absolute atomic E-state index is 0. The van der Waals surface area contributed by atoms with Gasteiger partial charge in [0.2, 0.25) is 0 Å². The number of fused-ring (bicyclic) bond motifs is 3. The van der Waals surface area contributed by atoms with Crippen molar-refractivity contribution >= 4 is 20.7 Å². The summed E-state index contributed by atoms with van der Waals surface area (Å²) in [6, 6.07) is 10.5. The topological polar surface area (TPSA) is 52.0 Å². The van der Waals surface area contributed by atoms with Crippen LogP contribution in [-0.4, -0.2) is 23.7 Å². The highest BCUT2D eigenvalue weighted by molar-refractivity contribution is 7.90. The molecule has 0 saturated carbocycles. The van der Waals surface area contributed by atoms with E-state index in [4.69, 9.17) is 0 Å². The van der Waals surface area contributed by atoms with E-state index in [2.05, 4.69) is 33.8 Å². The summed E-state index contributed by atoms with van der Waals surface area (Å²) in [4.78, 5) is 4.35. The standard InChI is InChI=1S/C19H20N2O2S.CH4/c1-13-3-4-15(11-20-13)9-14-5-6-18-16(10-14)17-12-24(22,23)8-7-19(17)21(18)2;/h3-6,10-11H,7-9,12H2,1-2H3;1H4. The molecule has 1 aliphatic heterocycles. The van der Waals surface area contributed by atoms with Gasteiger partial charge in [0, 0.05) is 42.0 Å². The maximum Gasteiger partial charge on any atom is 0.154 e. The van der Waals surface area contributed by atoms with E-state index in [0.29, 0.717) is 6.42 Å². The van der Waals surface area contributed by atoms with Gasteiger partial charge in [0.15, 0.2) is 9.84 Å². The molecule has 4 nitrogen and oxygen atoms in total. The van der Waals surface area contributed by atoms with Crippen LogP contribution in [0.25, 0.3) is 10.9 Å². The van der Waals surface area contributed by atoms with E-state index in [0.717, 1.165) is 39.8 Å². The van der Waals surface area contributed by atoms with Crippen molar-refractivity contribution in [2.75, 3.05) is 5.75 Å². The SMILES string of the molecule is C.Cc1ccc(Cc2ccc3c(c2)c2c(n3C)CCS(=O)(=O)C2)cn1. The number of pyridine rings is 1. The number of rotatable bonds is 2. The van der Waals surface area contributed by atoms with Crippen LogP contribution in [0.15, 0.2) is 36.5 Å². The fourth-order valence-corrected chi connectivity index (χ4v) is 5.00. The molecule has 1 aromatic carbocycles. The van der Waals surface area contributed by atoms with Gasteiger partial charge in [-0.2, -0.15) is 0 Å². The van der Waals surface area contributed by atoms with Crippen LogP contribution < -0.4 is 0 Å². The zero-order valence-corrected chi connectivity index (χ0v) is 14.7. The lowest BCUT2D eigenvalue weighted by Gasteiger charge is -2.14. The third kappa shape index (κ3) is 3.21. The molecule has 0 spiro atoms. The molecule has 132 valence electrons. The molecule has 1 aliphatic rings. The number of sulfone groups is 1. The molecule has 5 heteroatoms. The fraction of sp³-hybridized carbons (Fsp3) is 0.350. The second-order valence-electron chi connectivity index (χ2n) is 6.66. The molecule has 3 heterocycles. The van der Waals surface area contributed by atoms with Crippen LogP contribution in [0.4, 0.5) is 0 Å². The highest BCUT2D eigenvalue weighted by Crippen LogP contribution is 2.32. The van der Waals surface area contributed by atoms with E-state index >= 15 is 0 Å². The molecule has 0 saturated heterocycles. The van der Waals surface area contributed by atoms with Gasteiger partial charge >= 0.3 is 0 Å². The molecule has 25 heavy (non-hydrogen) atoms. The Kier molecular flexibility index (Phi) is 4.45. The second-order valence-corrected chi connectivity index (χ2v) is 8.85. The summed E-state index contributed by atoms with van der Waals surface area (Å²) in [7, 11) is -0.944. The van der Waals surface area contributed by atoms with Crippen molar-refractivity contribution in [3.8, 4) is 0 Å². The van der Waals surface area contributed by atoms with Gasteiger partial charge in [-0.1, -0.05) is 19.6 Å². The minimum atomic E-state index is -2.97. The van der Waals surface area contributed by atoms with Gasteiger partial charge in [0.05, 0.1) is 11.5 Å². The number of aryl methyl sites for hydroxylation is 2. The first kappa shape index (κ1) is 17.7. The maximum atomic E-state index is 12.1. The molecule has 0 bridgehead atoms. The highest BCUT2D eigenvalue weighted by Gasteiger charge is 2.26. The molecule has 0 atom stereocenters. The normalized spacial score (nSPS) is 15.6. The Morgan fingerprint density at radius 2 is 1.92 bits per heavy atom. The molecule has 0 radical (unpaired) electrons. The Bertz CT molecular complexity index is 1030. The van der Waals surface area contributed by atoms with Crippen molar-refractivity contribution in [2.24, 2.45) is 7.05 Å². The van der Waals surface area contributed by atoms with Crippen molar-refractivity contribution in [1.82, 2.24) is 9.55 Å². The summed E-state index contributed by atoms with van der Waals surface area (Å²) in [6.45, 7) is 1.98. The van der Waals surface area contributed by atoms with Crippen molar-refractivity contribution in [3.05, 3.63) is 64.6 Å². The number of hydrogen-bond donors (Lipinski definition) is 0. The monoisotopic (exact) mass is 356 g/mol. The zero-order valence-electron chi connectivity index (χ0n) is 13.9. The third-order valence-corrected chi connectivity index (χ3v) is 6.45. The average molecular weight is 356 g/mol. The van der Waals surface area contributed by atoms with Gasteiger partial charge in [-0.05, 0) is 48.2 Å². The highest BCUT2D eigenvalue weighted by atomic mass is 32.2. The Hall–Kier alpha value is -2.14. The Balaban J connectivity index is 0.00000182. The average Bonchev–Trinajstić information content (AvgIpc) is 2.81. The van der Waals surface area contributed by atoms with E-state index in [1.165, 1.54) is 5.56 Å². The molecule has 0 fully saturated rings. The number of aromatic nitrogens is 2. The molecule has 0 aliphatic carbocycles. The van der Waals surface area contributed by atoms with Crippen molar-refractivity contribution in [2.45, 2.75) is 32.9 Å². The fourth-order valence-electron chi connectivity index (χ4n) is 3.59. The van der Waals surface area contributed by atoms with Gasteiger partial charge in [-0.15, -0.1) is 0 Å². The first-order valence-electron chi connectivity index (χ1n) is 8.14. The number of benzene rings is 1.